The minimum atomic E-state index is -0.792. The summed E-state index contributed by atoms with van der Waals surface area (Å²) >= 11 is 0. The van der Waals surface area contributed by atoms with Crippen LogP contribution in [0.2, 0.25) is 0 Å². The van der Waals surface area contributed by atoms with Crippen LogP contribution in [0, 0.1) is 0 Å². The first-order valence-corrected chi connectivity index (χ1v) is 28.9. The number of ether oxygens (including phenoxy) is 6. The Balaban J connectivity index is 1.21. The first-order valence-electron chi connectivity index (χ1n) is 28.9. The Bertz CT molecular complexity index is 1180. The van der Waals surface area contributed by atoms with Crippen molar-refractivity contribution in [3.05, 3.63) is 0 Å². The average molecular weight is 933 g/mol. The van der Waals surface area contributed by atoms with E-state index < -0.39 is 6.10 Å². The topological polar surface area (TPSA) is 116 Å². The molecule has 0 aliphatic carbocycles. The lowest BCUT2D eigenvalue weighted by Gasteiger charge is -2.18. The molecule has 0 bridgehead atoms. The van der Waals surface area contributed by atoms with Gasteiger partial charge < -0.3 is 28.4 Å². The molecular weight excluding hydrogens is 829 g/mol. The molecule has 0 spiro atoms. The zero-order chi connectivity index (χ0) is 47.1. The molecule has 9 nitrogen and oxygen atoms in total. The van der Waals surface area contributed by atoms with Gasteiger partial charge in [-0.05, 0) is 44.9 Å². The van der Waals surface area contributed by atoms with E-state index in [1.165, 1.54) is 154 Å². The van der Waals surface area contributed by atoms with Crippen molar-refractivity contribution in [3.8, 4) is 0 Å². The van der Waals surface area contributed by atoms with E-state index in [2.05, 4.69) is 20.8 Å². The number of carbonyl (C=O) groups is 3. The summed E-state index contributed by atoms with van der Waals surface area (Å²) in [5.74, 6) is -0.905. The summed E-state index contributed by atoms with van der Waals surface area (Å²) in [7, 11) is 0. The van der Waals surface area contributed by atoms with Crippen LogP contribution in [0.4, 0.5) is 0 Å². The van der Waals surface area contributed by atoms with E-state index in [1.54, 1.807) is 0 Å². The van der Waals surface area contributed by atoms with E-state index in [1.807, 2.05) is 0 Å². The lowest BCUT2D eigenvalue weighted by molar-refractivity contribution is -0.167. The summed E-state index contributed by atoms with van der Waals surface area (Å²) in [6, 6.07) is 0. The Hall–Kier alpha value is -1.71. The molecule has 3 saturated heterocycles. The molecular formula is C57H104O9. The molecule has 7 unspecified atom stereocenters. The third-order valence-corrected chi connectivity index (χ3v) is 14.3. The van der Waals surface area contributed by atoms with Crippen molar-refractivity contribution in [2.75, 3.05) is 13.2 Å². The highest BCUT2D eigenvalue weighted by Gasteiger charge is 2.47. The lowest BCUT2D eigenvalue weighted by atomic mass is 10.0. The number of epoxide rings is 3. The van der Waals surface area contributed by atoms with Gasteiger partial charge in [0, 0.05) is 25.7 Å². The smallest absolute Gasteiger partial charge is 0.306 e. The Morgan fingerprint density at radius 1 is 0.333 bits per heavy atom. The monoisotopic (exact) mass is 933 g/mol. The Morgan fingerprint density at radius 3 is 0.955 bits per heavy atom. The quantitative estimate of drug-likeness (QED) is 0.0254. The lowest BCUT2D eigenvalue weighted by Crippen LogP contribution is -2.30. The first-order chi connectivity index (χ1) is 32.4. The second-order valence-corrected chi connectivity index (χ2v) is 20.7. The van der Waals surface area contributed by atoms with Gasteiger partial charge in [-0.25, -0.2) is 0 Å². The molecule has 3 heterocycles. The van der Waals surface area contributed by atoms with Crippen LogP contribution in [0.25, 0.3) is 0 Å². The molecule has 0 aromatic carbocycles. The molecule has 7 atom stereocenters. The van der Waals surface area contributed by atoms with Gasteiger partial charge >= 0.3 is 17.9 Å². The maximum absolute atomic E-state index is 12.9. The maximum Gasteiger partial charge on any atom is 0.306 e. The molecule has 3 aliphatic rings. The van der Waals surface area contributed by atoms with E-state index in [0.29, 0.717) is 55.9 Å². The van der Waals surface area contributed by atoms with E-state index in [0.717, 1.165) is 96.3 Å². The SMILES string of the molecule is CCCCCCCCCCCCCCCCCC(=O)OCC(COC(=O)CCCCCCCC1OC1CCCCCCCC)OC(=O)CCCCCCCC1OC1CC1OC1CCCCC. The number of unbranched alkanes of at least 4 members (excludes halogenated alkanes) is 29. The van der Waals surface area contributed by atoms with Crippen LogP contribution in [0.5, 0.6) is 0 Å². The van der Waals surface area contributed by atoms with Gasteiger partial charge in [0.25, 0.3) is 0 Å². The van der Waals surface area contributed by atoms with Crippen molar-refractivity contribution in [2.45, 2.75) is 333 Å². The molecule has 0 N–H and O–H groups in total. The molecule has 0 saturated carbocycles. The highest BCUT2D eigenvalue weighted by Crippen LogP contribution is 2.39. The number of rotatable bonds is 50. The van der Waals surface area contributed by atoms with E-state index in [9.17, 15) is 14.4 Å². The Morgan fingerprint density at radius 2 is 0.591 bits per heavy atom. The molecule has 3 fully saturated rings. The van der Waals surface area contributed by atoms with Crippen LogP contribution in [0.15, 0.2) is 0 Å². The summed E-state index contributed by atoms with van der Waals surface area (Å²) in [6.07, 6.45) is 49.8. The van der Waals surface area contributed by atoms with Crippen LogP contribution < -0.4 is 0 Å². The van der Waals surface area contributed by atoms with E-state index in [-0.39, 0.29) is 31.1 Å². The Labute approximate surface area is 405 Å². The highest BCUT2D eigenvalue weighted by atomic mass is 16.6. The summed E-state index contributed by atoms with van der Waals surface area (Å²) < 4.78 is 34.6. The summed E-state index contributed by atoms with van der Waals surface area (Å²) in [5, 5.41) is 0. The number of carbonyl (C=O) groups excluding carboxylic acids is 3. The van der Waals surface area contributed by atoms with Crippen molar-refractivity contribution in [1.29, 1.82) is 0 Å². The fraction of sp³-hybridized carbons (Fsp3) is 0.947. The van der Waals surface area contributed by atoms with Gasteiger partial charge in [-0.3, -0.25) is 14.4 Å². The molecule has 66 heavy (non-hydrogen) atoms. The average Bonchev–Trinajstić information content (AvgIpc) is 4.26. The number of hydrogen-bond acceptors (Lipinski definition) is 9. The second kappa shape index (κ2) is 40.1. The van der Waals surface area contributed by atoms with Gasteiger partial charge in [0.2, 0.25) is 0 Å². The summed E-state index contributed by atoms with van der Waals surface area (Å²) in [6.45, 7) is 6.60. The van der Waals surface area contributed by atoms with Crippen molar-refractivity contribution in [2.24, 2.45) is 0 Å². The minimum absolute atomic E-state index is 0.0856. The summed E-state index contributed by atoms with van der Waals surface area (Å²) in [5.41, 5.74) is 0. The van der Waals surface area contributed by atoms with Gasteiger partial charge in [0.15, 0.2) is 6.10 Å². The standard InChI is InChI=1S/C57H104O9/c1-4-7-10-12-14-15-16-17-18-19-20-21-22-28-35-42-55(58)61-46-48(47-62-56(59)43-36-29-23-26-33-40-50-49(64-50)39-32-25-13-11-8-5-2)63-57(60)44-37-30-24-27-34-41-52-54(66-52)45-53-51(65-53)38-31-9-6-3/h48-54H,4-47H2,1-3H3. The van der Waals surface area contributed by atoms with Gasteiger partial charge in [0.1, 0.15) is 13.2 Å². The molecule has 386 valence electrons. The zero-order valence-electron chi connectivity index (χ0n) is 43.3. The van der Waals surface area contributed by atoms with E-state index in [4.69, 9.17) is 28.4 Å². The number of esters is 3. The van der Waals surface area contributed by atoms with Gasteiger partial charge in [-0.15, -0.1) is 0 Å². The zero-order valence-corrected chi connectivity index (χ0v) is 43.3. The normalized spacial score (nSPS) is 21.1. The molecule has 0 amide bonds. The minimum Gasteiger partial charge on any atom is -0.462 e. The second-order valence-electron chi connectivity index (χ2n) is 20.7. The molecule has 3 rings (SSSR count). The first kappa shape index (κ1) is 58.6. The molecule has 0 aromatic heterocycles. The largest absolute Gasteiger partial charge is 0.462 e. The third-order valence-electron chi connectivity index (χ3n) is 14.3. The fourth-order valence-corrected chi connectivity index (χ4v) is 9.73. The third kappa shape index (κ3) is 32.9. The molecule has 0 radical (unpaired) electrons. The molecule has 3 aliphatic heterocycles. The van der Waals surface area contributed by atoms with Crippen LogP contribution >= 0.6 is 0 Å². The van der Waals surface area contributed by atoms with Crippen molar-refractivity contribution in [3.63, 3.8) is 0 Å². The molecule has 0 aromatic rings. The predicted octanol–water partition coefficient (Wildman–Crippen LogP) is 15.7. The highest BCUT2D eigenvalue weighted by molar-refractivity contribution is 5.71. The van der Waals surface area contributed by atoms with Crippen LogP contribution in [-0.4, -0.2) is 73.8 Å². The van der Waals surface area contributed by atoms with Crippen LogP contribution in [0.1, 0.15) is 290 Å². The Kier molecular flexibility index (Phi) is 35.6. The van der Waals surface area contributed by atoms with Crippen molar-refractivity contribution >= 4 is 17.9 Å². The number of hydrogen-bond donors (Lipinski definition) is 0. The van der Waals surface area contributed by atoms with Crippen molar-refractivity contribution < 1.29 is 42.8 Å². The van der Waals surface area contributed by atoms with Gasteiger partial charge in [0.05, 0.1) is 36.6 Å². The fourth-order valence-electron chi connectivity index (χ4n) is 9.73. The van der Waals surface area contributed by atoms with E-state index >= 15 is 0 Å². The summed E-state index contributed by atoms with van der Waals surface area (Å²) in [4.78, 5) is 38.3. The van der Waals surface area contributed by atoms with Crippen molar-refractivity contribution in [1.82, 2.24) is 0 Å². The van der Waals surface area contributed by atoms with Gasteiger partial charge in [-0.2, -0.15) is 0 Å². The van der Waals surface area contributed by atoms with Gasteiger partial charge in [-0.1, -0.05) is 220 Å². The van der Waals surface area contributed by atoms with Crippen LogP contribution in [0.3, 0.4) is 0 Å². The maximum atomic E-state index is 12.9. The molecule has 9 heteroatoms. The van der Waals surface area contributed by atoms with Crippen LogP contribution in [-0.2, 0) is 42.8 Å². The predicted molar refractivity (Wildman–Crippen MR) is 269 cm³/mol.